The van der Waals surface area contributed by atoms with Gasteiger partial charge in [-0.2, -0.15) is 4.31 Å². The van der Waals surface area contributed by atoms with Crippen molar-refractivity contribution in [1.82, 2.24) is 4.90 Å². The van der Waals surface area contributed by atoms with Gasteiger partial charge in [0.15, 0.2) is 16.8 Å². The van der Waals surface area contributed by atoms with Crippen LogP contribution in [0.4, 0.5) is 0 Å². The van der Waals surface area contributed by atoms with E-state index in [0.717, 1.165) is 25.4 Å². The Balaban J connectivity index is -0.000000399. The number of phosphoric acid groups is 2. The van der Waals surface area contributed by atoms with Gasteiger partial charge in [-0.3, -0.25) is 18.5 Å². The van der Waals surface area contributed by atoms with Crippen LogP contribution in [-0.2, 0) is 31.8 Å². The number of carbonyl (C=O) groups excluding carboxylic acids is 1. The molecule has 16 nitrogen and oxygen atoms in total. The summed E-state index contributed by atoms with van der Waals surface area (Å²) < 4.78 is 42.9. The molecule has 0 aliphatic heterocycles. The molecule has 0 aromatic rings. The van der Waals surface area contributed by atoms with Crippen LogP contribution in [-0.4, -0.2) is 83.4 Å². The van der Waals surface area contributed by atoms with Gasteiger partial charge in [0.2, 0.25) is 0 Å². The number of phosphoric ester groups is 2. The second-order valence-corrected chi connectivity index (χ2v) is 11.0. The van der Waals surface area contributed by atoms with Crippen LogP contribution >= 0.6 is 40.0 Å². The van der Waals surface area contributed by atoms with Crippen LogP contribution < -0.4 is 0 Å². The minimum Gasteiger partial charge on any atom is -0.349 e. The minimum atomic E-state index is -4.45. The summed E-state index contributed by atoms with van der Waals surface area (Å²) in [4.78, 5) is 78.2. The molecule has 2 atom stereocenters. The minimum absolute atomic E-state index is 0.388. The Morgan fingerprint density at radius 1 is 0.857 bits per heavy atom. The van der Waals surface area contributed by atoms with Gasteiger partial charge >= 0.3 is 23.2 Å². The highest BCUT2D eigenvalue weighted by Crippen LogP contribution is 2.59. The molecule has 0 heterocycles. The molecule has 0 amide bonds. The van der Waals surface area contributed by atoms with Crippen molar-refractivity contribution in [3.8, 4) is 0 Å². The molecule has 0 radical (unpaired) electrons. The Morgan fingerprint density at radius 2 is 1.14 bits per heavy atom. The zero-order valence-electron chi connectivity index (χ0n) is 14.8. The first-order valence-corrected chi connectivity index (χ1v) is 14.1. The van der Waals surface area contributed by atoms with Crippen molar-refractivity contribution in [1.29, 1.82) is 0 Å². The van der Waals surface area contributed by atoms with Gasteiger partial charge in [-0.05, 0) is 6.92 Å². The van der Waals surface area contributed by atoms with Gasteiger partial charge in [0.25, 0.3) is 0 Å². The normalized spacial score (nSPS) is 15.8. The summed E-state index contributed by atoms with van der Waals surface area (Å²) in [6.07, 6.45) is -0.756. The Hall–Kier alpha value is 0.740. The summed E-state index contributed by atoms with van der Waals surface area (Å²) in [5.41, 5.74) is 0. The number of hydrogen-bond acceptors (Lipinski definition) is 12. The summed E-state index contributed by atoms with van der Waals surface area (Å²) in [6.45, 7) is 1.44. The Kier molecular flexibility index (Phi) is 19.6. The quantitative estimate of drug-likeness (QED) is 0.136. The van der Waals surface area contributed by atoms with Gasteiger partial charge in [0, 0.05) is 14.2 Å². The molecule has 21 heteroatoms. The maximum absolute atomic E-state index is 10.5. The topological polar surface area (TPSA) is 261 Å². The first-order valence-electron chi connectivity index (χ1n) is 6.40. The van der Waals surface area contributed by atoms with E-state index in [0.29, 0.717) is 0 Å². The number of rotatable bonds is 10. The van der Waals surface area contributed by atoms with Crippen molar-refractivity contribution < 1.29 is 71.0 Å². The summed E-state index contributed by atoms with van der Waals surface area (Å²) in [7, 11) is -16.2. The molecule has 0 aliphatic carbocycles. The van der Waals surface area contributed by atoms with Crippen LogP contribution in [0.25, 0.3) is 0 Å². The Bertz CT molecular complexity index is 519. The smallest absolute Gasteiger partial charge is 0.349 e. The van der Waals surface area contributed by atoms with Crippen LogP contribution in [0.5, 0.6) is 0 Å². The average molecular weight is 517 g/mol. The van der Waals surface area contributed by atoms with Crippen LogP contribution in [0.15, 0.2) is 0 Å². The van der Waals surface area contributed by atoms with E-state index in [9.17, 15) is 13.7 Å². The maximum Gasteiger partial charge on any atom is 0.480 e. The Labute approximate surface area is 162 Å². The molecule has 0 aliphatic rings. The van der Waals surface area contributed by atoms with Crippen LogP contribution in [0.2, 0.25) is 0 Å². The average Bonchev–Trinajstić information content (AvgIpc) is 2.44. The van der Waals surface area contributed by atoms with Crippen molar-refractivity contribution in [2.75, 3.05) is 33.1 Å². The van der Waals surface area contributed by atoms with E-state index in [1.807, 2.05) is 0 Å². The second-order valence-electron chi connectivity index (χ2n) is 4.12. The van der Waals surface area contributed by atoms with Gasteiger partial charge in [0.05, 0.1) is 12.6 Å². The molecular weight excluding hydrogens is 493 g/mol. The Morgan fingerprint density at radius 3 is 1.32 bits per heavy atom. The van der Waals surface area contributed by atoms with Gasteiger partial charge in [-0.1, -0.05) is 0 Å². The monoisotopic (exact) mass is 517 g/mol. The van der Waals surface area contributed by atoms with E-state index in [1.165, 1.54) is 6.92 Å². The van der Waals surface area contributed by atoms with E-state index < -0.39 is 46.3 Å². The third-order valence-electron chi connectivity index (χ3n) is 1.71. The van der Waals surface area contributed by atoms with E-state index >= 15 is 0 Å². The lowest BCUT2D eigenvalue weighted by Crippen LogP contribution is -2.25. The van der Waals surface area contributed by atoms with Crippen molar-refractivity contribution >= 4 is 46.3 Å². The predicted octanol–water partition coefficient (Wildman–Crippen LogP) is -0.367. The fourth-order valence-corrected chi connectivity index (χ4v) is 4.84. The molecule has 0 fully saturated rings. The van der Waals surface area contributed by atoms with Gasteiger partial charge in [-0.15, -0.1) is 0 Å². The van der Waals surface area contributed by atoms with E-state index in [2.05, 4.69) is 13.4 Å². The van der Waals surface area contributed by atoms with Gasteiger partial charge in [-0.25, -0.2) is 9.13 Å². The van der Waals surface area contributed by atoms with E-state index in [4.69, 9.17) is 43.9 Å². The number of aldehydes is 1. The van der Waals surface area contributed by atoms with Crippen molar-refractivity contribution in [3.63, 3.8) is 0 Å². The lowest BCUT2D eigenvalue weighted by Gasteiger charge is -2.22. The lowest BCUT2D eigenvalue weighted by atomic mass is 11.0. The van der Waals surface area contributed by atoms with Crippen LogP contribution in [0.3, 0.4) is 0 Å². The standard InChI is InChI=1S/C3H12NO7P3.C2H8O7P2.C2H4O/c5-12(6)1-4(2-13(7)8)3-14(9,10)11;1-7-10(3,4)9-11(5,6)8-2;1-2-3/h5-8H,1-3H2,(H2,9,10,11);1-2H3,(H,3,4)(H,5,6);2H,1H3. The summed E-state index contributed by atoms with van der Waals surface area (Å²) in [5.74, 6) is 0. The SMILES string of the molecule is CC=O.COP(=O)(O)OP(=O)(O)OC.O=P(O)(O)CN(CP(O)O)CP(O)O. The molecule has 172 valence electrons. The third kappa shape index (κ3) is 26.7. The molecule has 0 spiro atoms. The first kappa shape index (κ1) is 33.4. The maximum atomic E-state index is 10.5. The predicted molar refractivity (Wildman–Crippen MR) is 97.7 cm³/mol. The van der Waals surface area contributed by atoms with Crippen LogP contribution in [0, 0.1) is 0 Å². The fraction of sp³-hybridized carbons (Fsp3) is 0.857. The fourth-order valence-electron chi connectivity index (χ4n) is 0.950. The van der Waals surface area contributed by atoms with E-state index in [1.54, 1.807) is 0 Å². The number of carbonyl (C=O) groups is 1. The summed E-state index contributed by atoms with van der Waals surface area (Å²) in [5, 5.41) is 0. The van der Waals surface area contributed by atoms with Gasteiger partial charge in [0.1, 0.15) is 12.6 Å². The second kappa shape index (κ2) is 16.4. The van der Waals surface area contributed by atoms with Crippen molar-refractivity contribution in [3.05, 3.63) is 0 Å². The number of hydrogen-bond donors (Lipinski definition) is 8. The number of nitrogens with zero attached hydrogens (tertiary/aromatic N) is 1. The molecule has 0 rings (SSSR count). The molecule has 2 unspecified atom stereocenters. The highest BCUT2D eigenvalue weighted by Gasteiger charge is 2.32. The van der Waals surface area contributed by atoms with Crippen molar-refractivity contribution in [2.24, 2.45) is 0 Å². The van der Waals surface area contributed by atoms with Gasteiger partial charge < -0.3 is 43.9 Å². The third-order valence-corrected chi connectivity index (χ3v) is 6.35. The van der Waals surface area contributed by atoms with E-state index in [-0.39, 0.29) is 12.6 Å². The molecule has 0 saturated carbocycles. The molecule has 28 heavy (non-hydrogen) atoms. The van der Waals surface area contributed by atoms with Crippen LogP contribution in [0.1, 0.15) is 6.92 Å². The lowest BCUT2D eigenvalue weighted by molar-refractivity contribution is -0.106. The molecule has 8 N–H and O–H groups in total. The zero-order chi connectivity index (χ0) is 23.2. The van der Waals surface area contributed by atoms with Crippen molar-refractivity contribution in [2.45, 2.75) is 6.92 Å². The molecule has 0 saturated heterocycles. The zero-order valence-corrected chi connectivity index (χ0v) is 19.3. The largest absolute Gasteiger partial charge is 0.480 e. The molecule has 0 aromatic heterocycles. The highest BCUT2D eigenvalue weighted by atomic mass is 31.3. The molecule has 0 bridgehead atoms. The molecular formula is C7H24NO15P5. The molecule has 0 aromatic carbocycles. The summed E-state index contributed by atoms with van der Waals surface area (Å²) >= 11 is 0. The first-order chi connectivity index (χ1) is 12.4. The summed E-state index contributed by atoms with van der Waals surface area (Å²) in [6, 6.07) is 0. The highest BCUT2D eigenvalue weighted by molar-refractivity contribution is 7.61.